The van der Waals surface area contributed by atoms with Crippen molar-refractivity contribution in [1.82, 2.24) is 5.32 Å². The summed E-state index contributed by atoms with van der Waals surface area (Å²) in [6, 6.07) is 8.74. The fourth-order valence-corrected chi connectivity index (χ4v) is 3.53. The fraction of sp³-hybridized carbons (Fsp3) is 0.562. The van der Waals surface area contributed by atoms with E-state index in [9.17, 15) is 4.79 Å². The molecule has 0 bridgehead atoms. The van der Waals surface area contributed by atoms with Crippen LogP contribution >= 0.6 is 0 Å². The number of nitrogens with two attached hydrogens (primary N) is 1. The molecule has 2 fully saturated rings. The minimum atomic E-state index is 0.0663. The van der Waals surface area contributed by atoms with E-state index < -0.39 is 0 Å². The van der Waals surface area contributed by atoms with Crippen molar-refractivity contribution in [3.8, 4) is 0 Å². The largest absolute Gasteiger partial charge is 0.366 e. The van der Waals surface area contributed by atoms with E-state index in [1.807, 2.05) is 6.07 Å². The lowest BCUT2D eigenvalue weighted by Crippen LogP contribution is -2.46. The summed E-state index contributed by atoms with van der Waals surface area (Å²) in [7, 11) is 0. The lowest BCUT2D eigenvalue weighted by Gasteiger charge is -2.39. The molecule has 3 atom stereocenters. The lowest BCUT2D eigenvalue weighted by molar-refractivity contribution is -0.122. The molecule has 0 aliphatic carbocycles. The summed E-state index contributed by atoms with van der Waals surface area (Å²) in [5, 5.41) is 3.01. The van der Waals surface area contributed by atoms with Crippen LogP contribution in [-0.2, 0) is 4.79 Å². The van der Waals surface area contributed by atoms with Gasteiger partial charge >= 0.3 is 0 Å². The van der Waals surface area contributed by atoms with Crippen LogP contribution in [0.25, 0.3) is 0 Å². The standard InChI is InChI=1S/C16H23N3O/c1-2-13(17)11-6-3-4-8-14(11)19-9-5-7-12-15(19)10-18-16(12)20/h3-4,6,8,12-13,15H,2,5,7,9-10,17H2,1H3,(H,18,20)/t12?,13-,15?/m1/s1. The Bertz CT molecular complexity index is 502. The molecule has 4 nitrogen and oxygen atoms in total. The highest BCUT2D eigenvalue weighted by Gasteiger charge is 2.41. The van der Waals surface area contributed by atoms with Crippen molar-refractivity contribution in [1.29, 1.82) is 0 Å². The topological polar surface area (TPSA) is 58.4 Å². The predicted octanol–water partition coefficient (Wildman–Crippen LogP) is 1.81. The van der Waals surface area contributed by atoms with Crippen LogP contribution in [0.4, 0.5) is 5.69 Å². The van der Waals surface area contributed by atoms with Crippen LogP contribution in [0.2, 0.25) is 0 Å². The van der Waals surface area contributed by atoms with Crippen LogP contribution in [0.5, 0.6) is 0 Å². The van der Waals surface area contributed by atoms with Crippen molar-refractivity contribution < 1.29 is 4.79 Å². The van der Waals surface area contributed by atoms with Gasteiger partial charge in [-0.2, -0.15) is 0 Å². The van der Waals surface area contributed by atoms with Crippen LogP contribution in [-0.4, -0.2) is 25.0 Å². The number of carbonyl (C=O) groups is 1. The van der Waals surface area contributed by atoms with Gasteiger partial charge in [-0.1, -0.05) is 25.1 Å². The second-order valence-corrected chi connectivity index (χ2v) is 5.83. The molecule has 0 radical (unpaired) electrons. The minimum absolute atomic E-state index is 0.0663. The molecule has 1 aromatic rings. The van der Waals surface area contributed by atoms with Gasteiger partial charge < -0.3 is 16.0 Å². The molecule has 108 valence electrons. The first-order valence-electron chi connectivity index (χ1n) is 7.61. The number of fused-ring (bicyclic) bond motifs is 1. The average Bonchev–Trinajstić information content (AvgIpc) is 2.88. The first-order chi connectivity index (χ1) is 9.72. The molecule has 0 spiro atoms. The number of anilines is 1. The number of nitrogens with zero attached hydrogens (tertiary/aromatic N) is 1. The number of amides is 1. The Kier molecular flexibility index (Phi) is 3.66. The van der Waals surface area contributed by atoms with Crippen molar-refractivity contribution in [2.45, 2.75) is 38.3 Å². The second-order valence-electron chi connectivity index (χ2n) is 5.83. The fourth-order valence-electron chi connectivity index (χ4n) is 3.53. The Balaban J connectivity index is 1.94. The van der Waals surface area contributed by atoms with Gasteiger partial charge in [-0.05, 0) is 30.9 Å². The third-order valence-corrected chi connectivity index (χ3v) is 4.69. The zero-order valence-corrected chi connectivity index (χ0v) is 12.0. The number of para-hydroxylation sites is 1. The van der Waals surface area contributed by atoms with Gasteiger partial charge in [-0.15, -0.1) is 0 Å². The molecule has 2 saturated heterocycles. The van der Waals surface area contributed by atoms with Crippen LogP contribution in [0.3, 0.4) is 0 Å². The average molecular weight is 273 g/mol. The highest BCUT2D eigenvalue weighted by Crippen LogP contribution is 2.35. The van der Waals surface area contributed by atoms with E-state index in [0.717, 1.165) is 32.4 Å². The van der Waals surface area contributed by atoms with Gasteiger partial charge in [-0.25, -0.2) is 0 Å². The van der Waals surface area contributed by atoms with Crippen molar-refractivity contribution in [3.05, 3.63) is 29.8 Å². The van der Waals surface area contributed by atoms with Crippen LogP contribution < -0.4 is 16.0 Å². The molecular weight excluding hydrogens is 250 g/mol. The minimum Gasteiger partial charge on any atom is -0.366 e. The summed E-state index contributed by atoms with van der Waals surface area (Å²) in [6.45, 7) is 3.89. The van der Waals surface area contributed by atoms with Gasteiger partial charge in [0.1, 0.15) is 0 Å². The molecule has 0 saturated carbocycles. The Hall–Kier alpha value is -1.55. The Morgan fingerprint density at radius 3 is 3.05 bits per heavy atom. The number of benzene rings is 1. The maximum Gasteiger partial charge on any atom is 0.225 e. The SMILES string of the molecule is CC[C@@H](N)c1ccccc1N1CCCC2C(=O)NCC21. The van der Waals surface area contributed by atoms with Crippen molar-refractivity contribution >= 4 is 11.6 Å². The number of hydrogen-bond acceptors (Lipinski definition) is 3. The molecule has 2 heterocycles. The van der Waals surface area contributed by atoms with Crippen LogP contribution in [0.1, 0.15) is 37.8 Å². The van der Waals surface area contributed by atoms with E-state index in [4.69, 9.17) is 5.73 Å². The van der Waals surface area contributed by atoms with Gasteiger partial charge in [0.2, 0.25) is 5.91 Å². The third-order valence-electron chi connectivity index (χ3n) is 4.69. The van der Waals surface area contributed by atoms with Gasteiger partial charge in [0.25, 0.3) is 0 Å². The van der Waals surface area contributed by atoms with Crippen molar-refractivity contribution in [2.75, 3.05) is 18.0 Å². The first kappa shape index (κ1) is 13.4. The number of hydrogen-bond donors (Lipinski definition) is 2. The van der Waals surface area contributed by atoms with Gasteiger partial charge in [-0.3, -0.25) is 4.79 Å². The number of rotatable bonds is 3. The molecule has 2 aliphatic heterocycles. The molecule has 1 amide bonds. The molecule has 1 aromatic carbocycles. The van der Waals surface area contributed by atoms with E-state index in [-0.39, 0.29) is 17.9 Å². The number of carbonyl (C=O) groups excluding carboxylic acids is 1. The molecule has 2 aliphatic rings. The zero-order valence-electron chi connectivity index (χ0n) is 12.0. The summed E-state index contributed by atoms with van der Waals surface area (Å²) in [5.74, 6) is 0.367. The summed E-state index contributed by atoms with van der Waals surface area (Å²) < 4.78 is 0. The highest BCUT2D eigenvalue weighted by atomic mass is 16.2. The first-order valence-corrected chi connectivity index (χ1v) is 7.61. The quantitative estimate of drug-likeness (QED) is 0.883. The van der Waals surface area contributed by atoms with E-state index in [1.54, 1.807) is 0 Å². The highest BCUT2D eigenvalue weighted by molar-refractivity contribution is 5.83. The maximum atomic E-state index is 11.9. The summed E-state index contributed by atoms with van der Waals surface area (Å²) >= 11 is 0. The Morgan fingerprint density at radius 1 is 1.45 bits per heavy atom. The van der Waals surface area contributed by atoms with Crippen LogP contribution in [0, 0.1) is 5.92 Å². The van der Waals surface area contributed by atoms with E-state index >= 15 is 0 Å². The summed E-state index contributed by atoms with van der Waals surface area (Å²) in [6.07, 6.45) is 3.01. The molecule has 0 aromatic heterocycles. The second kappa shape index (κ2) is 5.44. The van der Waals surface area contributed by atoms with Gasteiger partial charge in [0, 0.05) is 24.8 Å². The molecular formula is C16H23N3O. The van der Waals surface area contributed by atoms with Crippen molar-refractivity contribution in [3.63, 3.8) is 0 Å². The molecule has 3 N–H and O–H groups in total. The maximum absolute atomic E-state index is 11.9. The Morgan fingerprint density at radius 2 is 2.25 bits per heavy atom. The van der Waals surface area contributed by atoms with E-state index in [2.05, 4.69) is 35.3 Å². The number of piperidine rings is 1. The lowest BCUT2D eigenvalue weighted by atomic mass is 9.90. The molecule has 20 heavy (non-hydrogen) atoms. The number of nitrogens with one attached hydrogen (secondary N) is 1. The zero-order chi connectivity index (χ0) is 14.1. The third kappa shape index (κ3) is 2.18. The van der Waals surface area contributed by atoms with Crippen LogP contribution in [0.15, 0.2) is 24.3 Å². The van der Waals surface area contributed by atoms with Crippen molar-refractivity contribution in [2.24, 2.45) is 11.7 Å². The molecule has 3 rings (SSSR count). The molecule has 2 unspecified atom stereocenters. The van der Waals surface area contributed by atoms with E-state index in [0.29, 0.717) is 6.04 Å². The summed E-state index contributed by atoms with van der Waals surface area (Å²) in [4.78, 5) is 14.3. The summed E-state index contributed by atoms with van der Waals surface area (Å²) in [5.41, 5.74) is 8.68. The predicted molar refractivity (Wildman–Crippen MR) is 80.5 cm³/mol. The normalized spacial score (nSPS) is 27.1. The molecule has 4 heteroatoms. The smallest absolute Gasteiger partial charge is 0.225 e. The van der Waals surface area contributed by atoms with E-state index in [1.165, 1.54) is 11.3 Å². The van der Waals surface area contributed by atoms with Gasteiger partial charge in [0.15, 0.2) is 0 Å². The Labute approximate surface area is 120 Å². The van der Waals surface area contributed by atoms with Gasteiger partial charge in [0.05, 0.1) is 12.0 Å². The monoisotopic (exact) mass is 273 g/mol.